The van der Waals surface area contributed by atoms with Crippen molar-refractivity contribution >= 4 is 5.97 Å². The van der Waals surface area contributed by atoms with E-state index >= 15 is 0 Å². The van der Waals surface area contributed by atoms with Gasteiger partial charge in [-0.15, -0.1) is 0 Å². The van der Waals surface area contributed by atoms with Crippen molar-refractivity contribution in [1.82, 2.24) is 0 Å². The number of ether oxygens (including phenoxy) is 1. The lowest BCUT2D eigenvalue weighted by atomic mass is 10.2. The molecule has 0 atom stereocenters. The molecule has 1 aromatic rings. The van der Waals surface area contributed by atoms with Crippen molar-refractivity contribution in [2.75, 3.05) is 6.61 Å². The maximum atomic E-state index is 13.5. The lowest BCUT2D eigenvalue weighted by Crippen LogP contribution is -2.03. The van der Waals surface area contributed by atoms with Crippen molar-refractivity contribution in [2.45, 2.75) is 13.8 Å². The maximum Gasteiger partial charge on any atom is 0.328 e. The normalized spacial score (nSPS) is 11.3. The predicted molar refractivity (Wildman–Crippen MR) is 58.0 cm³/mol. The van der Waals surface area contributed by atoms with Crippen molar-refractivity contribution in [3.8, 4) is 5.75 Å². The molecule has 0 heterocycles. The second-order valence-corrected chi connectivity index (χ2v) is 3.50. The summed E-state index contributed by atoms with van der Waals surface area (Å²) in [5.41, 5.74) is 1.02. The number of aryl methyl sites for hydroxylation is 1. The maximum absolute atomic E-state index is 13.5. The Bertz CT molecular complexity index is 424. The average molecular weight is 224 g/mol. The number of halogens is 1. The van der Waals surface area contributed by atoms with Gasteiger partial charge in [-0.2, -0.15) is 0 Å². The molecular weight excluding hydrogens is 211 g/mol. The van der Waals surface area contributed by atoms with Gasteiger partial charge < -0.3 is 9.84 Å². The molecule has 86 valence electrons. The Morgan fingerprint density at radius 2 is 2.25 bits per heavy atom. The Balaban J connectivity index is 2.68. The zero-order chi connectivity index (χ0) is 12.1. The van der Waals surface area contributed by atoms with E-state index < -0.39 is 11.8 Å². The third-order valence-electron chi connectivity index (χ3n) is 1.98. The number of hydrogen-bond donors (Lipinski definition) is 1. The minimum absolute atomic E-state index is 0.0622. The third-order valence-corrected chi connectivity index (χ3v) is 1.98. The van der Waals surface area contributed by atoms with E-state index in [-0.39, 0.29) is 12.4 Å². The number of carbonyl (C=O) groups is 1. The molecule has 0 bridgehead atoms. The average Bonchev–Trinajstić information content (AvgIpc) is 2.19. The lowest BCUT2D eigenvalue weighted by Gasteiger charge is -2.08. The van der Waals surface area contributed by atoms with Crippen molar-refractivity contribution < 1.29 is 19.0 Å². The smallest absolute Gasteiger partial charge is 0.328 e. The Hall–Kier alpha value is -1.84. The second-order valence-electron chi connectivity index (χ2n) is 3.50. The predicted octanol–water partition coefficient (Wildman–Crippen LogP) is 2.54. The summed E-state index contributed by atoms with van der Waals surface area (Å²) in [5, 5.41) is 8.47. The van der Waals surface area contributed by atoms with E-state index in [1.807, 2.05) is 0 Å². The summed E-state index contributed by atoms with van der Waals surface area (Å²) in [4.78, 5) is 10.3. The van der Waals surface area contributed by atoms with Gasteiger partial charge in [0.15, 0.2) is 11.6 Å². The number of benzene rings is 1. The molecule has 1 rings (SSSR count). The molecule has 0 aliphatic rings. The fourth-order valence-electron chi connectivity index (χ4n) is 1.18. The van der Waals surface area contributed by atoms with Gasteiger partial charge in [0.25, 0.3) is 0 Å². The SMILES string of the molecule is C/C(=C/C(=O)O)COc1cccc(C)c1F. The molecule has 4 heteroatoms. The van der Waals surface area contributed by atoms with Crippen LogP contribution in [0.3, 0.4) is 0 Å². The first kappa shape index (κ1) is 12.2. The number of carboxylic acids is 1. The molecule has 0 radical (unpaired) electrons. The van der Waals surface area contributed by atoms with Gasteiger partial charge in [0, 0.05) is 6.08 Å². The van der Waals surface area contributed by atoms with Gasteiger partial charge in [0.1, 0.15) is 6.61 Å². The number of carboxylic acid groups (broad SMARTS) is 1. The summed E-state index contributed by atoms with van der Waals surface area (Å²) < 4.78 is 18.6. The molecule has 0 saturated heterocycles. The molecule has 0 amide bonds. The van der Waals surface area contributed by atoms with E-state index in [1.54, 1.807) is 26.0 Å². The first-order valence-corrected chi connectivity index (χ1v) is 4.78. The molecule has 0 aliphatic heterocycles. The monoisotopic (exact) mass is 224 g/mol. The van der Waals surface area contributed by atoms with Crippen LogP contribution in [0.2, 0.25) is 0 Å². The Kier molecular flexibility index (Phi) is 4.05. The standard InChI is InChI=1S/C12H13FO3/c1-8(6-11(14)15)7-16-10-5-3-4-9(2)12(10)13/h3-6H,7H2,1-2H3,(H,14,15)/b8-6-. The Morgan fingerprint density at radius 1 is 1.56 bits per heavy atom. The molecule has 0 fully saturated rings. The van der Waals surface area contributed by atoms with E-state index in [0.29, 0.717) is 11.1 Å². The first-order chi connectivity index (χ1) is 7.50. The zero-order valence-electron chi connectivity index (χ0n) is 9.16. The minimum atomic E-state index is -1.04. The van der Waals surface area contributed by atoms with E-state index in [0.717, 1.165) is 6.08 Å². The van der Waals surface area contributed by atoms with Crippen LogP contribution in [0.15, 0.2) is 29.8 Å². The molecule has 16 heavy (non-hydrogen) atoms. The van der Waals surface area contributed by atoms with Crippen LogP contribution in [0.5, 0.6) is 5.75 Å². The van der Waals surface area contributed by atoms with Gasteiger partial charge in [-0.3, -0.25) is 0 Å². The molecule has 0 unspecified atom stereocenters. The van der Waals surface area contributed by atoms with Crippen molar-refractivity contribution in [3.63, 3.8) is 0 Å². The molecule has 0 saturated carbocycles. The largest absolute Gasteiger partial charge is 0.486 e. The van der Waals surface area contributed by atoms with Crippen LogP contribution in [0.4, 0.5) is 4.39 Å². The van der Waals surface area contributed by atoms with Gasteiger partial charge in [0.2, 0.25) is 0 Å². The summed E-state index contributed by atoms with van der Waals surface area (Å²) in [6.45, 7) is 3.32. The molecule has 0 aliphatic carbocycles. The van der Waals surface area contributed by atoms with Crippen molar-refractivity contribution in [1.29, 1.82) is 0 Å². The van der Waals surface area contributed by atoms with Gasteiger partial charge in [0.05, 0.1) is 0 Å². The van der Waals surface area contributed by atoms with E-state index in [2.05, 4.69) is 0 Å². The second kappa shape index (κ2) is 5.30. The highest BCUT2D eigenvalue weighted by atomic mass is 19.1. The van der Waals surface area contributed by atoms with Crippen LogP contribution in [0.1, 0.15) is 12.5 Å². The highest BCUT2D eigenvalue weighted by Crippen LogP contribution is 2.19. The fraction of sp³-hybridized carbons (Fsp3) is 0.250. The first-order valence-electron chi connectivity index (χ1n) is 4.78. The fourth-order valence-corrected chi connectivity index (χ4v) is 1.18. The van der Waals surface area contributed by atoms with Crippen LogP contribution in [0, 0.1) is 12.7 Å². The van der Waals surface area contributed by atoms with E-state index in [1.165, 1.54) is 6.07 Å². The molecule has 1 aromatic carbocycles. The van der Waals surface area contributed by atoms with Crippen molar-refractivity contribution in [2.24, 2.45) is 0 Å². The van der Waals surface area contributed by atoms with Crippen LogP contribution in [-0.2, 0) is 4.79 Å². The quantitative estimate of drug-likeness (QED) is 0.799. The molecule has 0 spiro atoms. The van der Waals surface area contributed by atoms with Crippen LogP contribution in [0.25, 0.3) is 0 Å². The molecule has 3 nitrogen and oxygen atoms in total. The summed E-state index contributed by atoms with van der Waals surface area (Å²) in [6, 6.07) is 4.84. The minimum Gasteiger partial charge on any atom is -0.486 e. The summed E-state index contributed by atoms with van der Waals surface area (Å²) >= 11 is 0. The van der Waals surface area contributed by atoms with Gasteiger partial charge in [-0.05, 0) is 31.1 Å². The number of hydrogen-bond acceptors (Lipinski definition) is 2. The van der Waals surface area contributed by atoms with Crippen LogP contribution in [-0.4, -0.2) is 17.7 Å². The zero-order valence-corrected chi connectivity index (χ0v) is 9.16. The highest BCUT2D eigenvalue weighted by Gasteiger charge is 2.05. The molecule has 1 N–H and O–H groups in total. The topological polar surface area (TPSA) is 46.5 Å². The summed E-state index contributed by atoms with van der Waals surface area (Å²) in [6.07, 6.45) is 1.04. The lowest BCUT2D eigenvalue weighted by molar-refractivity contribution is -0.131. The van der Waals surface area contributed by atoms with E-state index in [4.69, 9.17) is 9.84 Å². The third kappa shape index (κ3) is 3.38. The summed E-state index contributed by atoms with van der Waals surface area (Å²) in [7, 11) is 0. The Labute approximate surface area is 93.2 Å². The molecule has 0 aromatic heterocycles. The van der Waals surface area contributed by atoms with Crippen molar-refractivity contribution in [3.05, 3.63) is 41.2 Å². The van der Waals surface area contributed by atoms with Crippen LogP contribution < -0.4 is 4.74 Å². The van der Waals surface area contributed by atoms with Crippen LogP contribution >= 0.6 is 0 Å². The molecular formula is C12H13FO3. The van der Waals surface area contributed by atoms with Gasteiger partial charge in [-0.1, -0.05) is 12.1 Å². The van der Waals surface area contributed by atoms with Gasteiger partial charge in [-0.25, -0.2) is 9.18 Å². The highest BCUT2D eigenvalue weighted by molar-refractivity contribution is 5.80. The van der Waals surface area contributed by atoms with Gasteiger partial charge >= 0.3 is 5.97 Å². The Morgan fingerprint density at radius 3 is 2.88 bits per heavy atom. The number of rotatable bonds is 4. The number of aliphatic carboxylic acids is 1. The van der Waals surface area contributed by atoms with E-state index in [9.17, 15) is 9.18 Å². The summed E-state index contributed by atoms with van der Waals surface area (Å²) in [5.74, 6) is -1.31.